The number of rotatable bonds is 5. The average Bonchev–Trinajstić information content (AvgIpc) is 3.26. The number of H-pyrrole nitrogens is 1. The van der Waals surface area contributed by atoms with Crippen molar-refractivity contribution in [2.45, 2.75) is 50.6 Å². The molecule has 3 aromatic rings. The predicted octanol–water partition coefficient (Wildman–Crippen LogP) is 3.24. The molecule has 5 rings (SSSR count). The number of amides is 1. The summed E-state index contributed by atoms with van der Waals surface area (Å²) in [6, 6.07) is 7.92. The molecule has 7 nitrogen and oxygen atoms in total. The highest BCUT2D eigenvalue weighted by atomic mass is 19.3. The number of fused-ring (bicyclic) bond motifs is 1. The van der Waals surface area contributed by atoms with Crippen LogP contribution in [0.5, 0.6) is 0 Å². The smallest absolute Gasteiger partial charge is 0.274 e. The third kappa shape index (κ3) is 3.28. The molecule has 0 bridgehead atoms. The summed E-state index contributed by atoms with van der Waals surface area (Å²) >= 11 is 0. The van der Waals surface area contributed by atoms with Crippen molar-refractivity contribution < 1.29 is 13.6 Å². The number of likely N-dealkylation sites (tertiary alicyclic amines) is 1. The van der Waals surface area contributed by atoms with Crippen LogP contribution in [0.2, 0.25) is 0 Å². The Morgan fingerprint density at radius 3 is 2.80 bits per heavy atom. The second kappa shape index (κ2) is 7.30. The van der Waals surface area contributed by atoms with Crippen LogP contribution in [0.25, 0.3) is 10.9 Å². The van der Waals surface area contributed by atoms with Gasteiger partial charge in [0.25, 0.3) is 17.9 Å². The Hall–Kier alpha value is -3.10. The standard InChI is InChI=1S/C21H21F2N5O2/c22-18(23)11-28-19(24-14-5-2-1-4-13(14)20(28)29)17-6-3-9-27(17)21(30)16-10-15(25-26-16)12-7-8-12/h1-2,4-5,10,12,17-18H,3,6-9,11H2,(H,25,26). The molecule has 156 valence electrons. The Balaban J connectivity index is 1.55. The zero-order chi connectivity index (χ0) is 20.8. The van der Waals surface area contributed by atoms with Crippen molar-refractivity contribution >= 4 is 16.8 Å². The second-order valence-electron chi connectivity index (χ2n) is 7.93. The maximum Gasteiger partial charge on any atom is 0.274 e. The van der Waals surface area contributed by atoms with Gasteiger partial charge < -0.3 is 4.90 Å². The van der Waals surface area contributed by atoms with Gasteiger partial charge in [-0.15, -0.1) is 0 Å². The van der Waals surface area contributed by atoms with E-state index in [1.54, 1.807) is 35.2 Å². The molecule has 2 aromatic heterocycles. The summed E-state index contributed by atoms with van der Waals surface area (Å²) in [6.45, 7) is -0.286. The Morgan fingerprint density at radius 2 is 2.03 bits per heavy atom. The molecule has 9 heteroatoms. The van der Waals surface area contributed by atoms with Gasteiger partial charge in [0.2, 0.25) is 0 Å². The van der Waals surface area contributed by atoms with Crippen LogP contribution in [0.15, 0.2) is 35.1 Å². The maximum atomic E-state index is 13.3. The van der Waals surface area contributed by atoms with Crippen LogP contribution in [0, 0.1) is 0 Å². The number of nitrogens with one attached hydrogen (secondary N) is 1. The van der Waals surface area contributed by atoms with Gasteiger partial charge in [-0.25, -0.2) is 13.8 Å². The number of hydrogen-bond acceptors (Lipinski definition) is 4. The lowest BCUT2D eigenvalue weighted by atomic mass is 10.1. The minimum absolute atomic E-state index is 0.211. The molecule has 3 heterocycles. The number of hydrogen-bond donors (Lipinski definition) is 1. The highest BCUT2D eigenvalue weighted by molar-refractivity contribution is 5.93. The van der Waals surface area contributed by atoms with E-state index < -0.39 is 24.6 Å². The molecule has 0 radical (unpaired) electrons. The molecule has 1 aliphatic heterocycles. The largest absolute Gasteiger partial charge is 0.327 e. The van der Waals surface area contributed by atoms with E-state index in [4.69, 9.17) is 0 Å². The van der Waals surface area contributed by atoms with Gasteiger partial charge in [0.05, 0.1) is 23.5 Å². The third-order valence-corrected chi connectivity index (χ3v) is 5.86. The molecule has 1 aliphatic carbocycles. The monoisotopic (exact) mass is 413 g/mol. The first kappa shape index (κ1) is 18.9. The number of alkyl halides is 2. The zero-order valence-corrected chi connectivity index (χ0v) is 16.2. The molecule has 1 saturated heterocycles. The number of nitrogens with zero attached hydrogens (tertiary/aromatic N) is 4. The van der Waals surface area contributed by atoms with Gasteiger partial charge in [0.15, 0.2) is 0 Å². The molecule has 1 atom stereocenters. The van der Waals surface area contributed by atoms with Crippen LogP contribution in [-0.4, -0.2) is 43.5 Å². The lowest BCUT2D eigenvalue weighted by Gasteiger charge is -2.26. The summed E-state index contributed by atoms with van der Waals surface area (Å²) < 4.78 is 27.6. The van der Waals surface area contributed by atoms with E-state index in [9.17, 15) is 18.4 Å². The van der Waals surface area contributed by atoms with E-state index in [0.29, 0.717) is 41.9 Å². The van der Waals surface area contributed by atoms with Crippen molar-refractivity contribution in [1.82, 2.24) is 24.6 Å². The van der Waals surface area contributed by atoms with E-state index in [1.807, 2.05) is 0 Å². The fourth-order valence-corrected chi connectivity index (χ4v) is 4.23. The second-order valence-corrected chi connectivity index (χ2v) is 7.93. The molecule has 1 aromatic carbocycles. The lowest BCUT2D eigenvalue weighted by molar-refractivity contribution is 0.0714. The van der Waals surface area contributed by atoms with Gasteiger partial charge in [0.1, 0.15) is 11.5 Å². The van der Waals surface area contributed by atoms with Gasteiger partial charge in [-0.3, -0.25) is 19.3 Å². The molecule has 2 aliphatic rings. The van der Waals surface area contributed by atoms with Gasteiger partial charge in [-0.1, -0.05) is 12.1 Å². The summed E-state index contributed by atoms with van der Waals surface area (Å²) in [6.07, 6.45) is 0.724. The van der Waals surface area contributed by atoms with Crippen LogP contribution in [0.4, 0.5) is 8.78 Å². The molecular formula is C21H21F2N5O2. The molecule has 1 unspecified atom stereocenters. The Labute approximate surface area is 170 Å². The number of halogens is 2. The normalized spacial score (nSPS) is 19.2. The molecule has 2 fully saturated rings. The molecule has 30 heavy (non-hydrogen) atoms. The minimum atomic E-state index is -2.71. The van der Waals surface area contributed by atoms with Crippen LogP contribution in [0.1, 0.15) is 59.6 Å². The fraction of sp³-hybridized carbons (Fsp3) is 0.429. The van der Waals surface area contributed by atoms with E-state index in [1.165, 1.54) is 0 Å². The van der Waals surface area contributed by atoms with Gasteiger partial charge >= 0.3 is 0 Å². The van der Waals surface area contributed by atoms with Gasteiger partial charge in [-0.05, 0) is 43.9 Å². The number of carbonyl (C=O) groups excluding carboxylic acids is 1. The summed E-state index contributed by atoms with van der Waals surface area (Å²) in [5.41, 5.74) is 1.20. The molecule has 0 spiro atoms. The zero-order valence-electron chi connectivity index (χ0n) is 16.2. The number of benzene rings is 1. The summed E-state index contributed by atoms with van der Waals surface area (Å²) in [5, 5.41) is 7.38. The van der Waals surface area contributed by atoms with Crippen LogP contribution in [0.3, 0.4) is 0 Å². The van der Waals surface area contributed by atoms with Gasteiger partial charge in [-0.2, -0.15) is 5.10 Å². The fourth-order valence-electron chi connectivity index (χ4n) is 4.23. The van der Waals surface area contributed by atoms with Crippen molar-refractivity contribution in [3.63, 3.8) is 0 Å². The third-order valence-electron chi connectivity index (χ3n) is 5.86. The van der Waals surface area contributed by atoms with E-state index in [0.717, 1.165) is 23.1 Å². The van der Waals surface area contributed by atoms with Crippen LogP contribution < -0.4 is 5.56 Å². The van der Waals surface area contributed by atoms with Crippen molar-refractivity contribution in [3.8, 4) is 0 Å². The summed E-state index contributed by atoms with van der Waals surface area (Å²) in [5.74, 6) is 0.376. The number of para-hydroxylation sites is 1. The highest BCUT2D eigenvalue weighted by Crippen LogP contribution is 2.39. The Kier molecular flexibility index (Phi) is 4.60. The van der Waals surface area contributed by atoms with Crippen molar-refractivity contribution in [1.29, 1.82) is 0 Å². The summed E-state index contributed by atoms with van der Waals surface area (Å²) in [4.78, 5) is 32.2. The van der Waals surface area contributed by atoms with E-state index in [-0.39, 0.29) is 11.7 Å². The van der Waals surface area contributed by atoms with Crippen molar-refractivity contribution in [2.75, 3.05) is 6.54 Å². The SMILES string of the molecule is O=C(c1cc(C2CC2)[nH]n1)N1CCCC1c1nc2ccccc2c(=O)n1CC(F)F. The lowest BCUT2D eigenvalue weighted by Crippen LogP contribution is -2.36. The van der Waals surface area contributed by atoms with Crippen LogP contribution >= 0.6 is 0 Å². The first-order valence-corrected chi connectivity index (χ1v) is 10.2. The van der Waals surface area contributed by atoms with Crippen LogP contribution in [-0.2, 0) is 6.54 Å². The minimum Gasteiger partial charge on any atom is -0.327 e. The van der Waals surface area contributed by atoms with Crippen molar-refractivity contribution in [3.05, 3.63) is 57.9 Å². The highest BCUT2D eigenvalue weighted by Gasteiger charge is 2.36. The van der Waals surface area contributed by atoms with Crippen molar-refractivity contribution in [2.24, 2.45) is 0 Å². The topological polar surface area (TPSA) is 83.9 Å². The number of aromatic nitrogens is 4. The van der Waals surface area contributed by atoms with Gasteiger partial charge in [0, 0.05) is 18.2 Å². The average molecular weight is 413 g/mol. The first-order chi connectivity index (χ1) is 14.5. The predicted molar refractivity (Wildman–Crippen MR) is 106 cm³/mol. The Bertz CT molecular complexity index is 1170. The maximum absolute atomic E-state index is 13.3. The van der Waals surface area contributed by atoms with E-state index >= 15 is 0 Å². The molecule has 1 amide bonds. The molecule has 1 saturated carbocycles. The first-order valence-electron chi connectivity index (χ1n) is 10.2. The number of carbonyl (C=O) groups is 1. The Morgan fingerprint density at radius 1 is 1.23 bits per heavy atom. The molecule has 1 N–H and O–H groups in total. The quantitative estimate of drug-likeness (QED) is 0.696. The number of aromatic amines is 1. The molecular weight excluding hydrogens is 392 g/mol. The van der Waals surface area contributed by atoms with E-state index in [2.05, 4.69) is 15.2 Å². The summed E-state index contributed by atoms with van der Waals surface area (Å²) in [7, 11) is 0.